The van der Waals surface area contributed by atoms with Crippen LogP contribution in [0.1, 0.15) is 51.4 Å². The van der Waals surface area contributed by atoms with Crippen LogP contribution in [0.15, 0.2) is 4.99 Å². The highest BCUT2D eigenvalue weighted by Crippen LogP contribution is 2.22. The number of alkyl halides is 3. The predicted octanol–water partition coefficient (Wildman–Crippen LogP) is 2.89. The lowest BCUT2D eigenvalue weighted by Crippen LogP contribution is -2.42. The van der Waals surface area contributed by atoms with Crippen LogP contribution in [0.5, 0.6) is 0 Å². The maximum absolute atomic E-state index is 12.4. The van der Waals surface area contributed by atoms with Gasteiger partial charge in [0, 0.05) is 12.6 Å². The van der Waals surface area contributed by atoms with E-state index in [2.05, 4.69) is 10.3 Å². The molecule has 1 aliphatic carbocycles. The first-order valence-electron chi connectivity index (χ1n) is 8.78. The highest BCUT2D eigenvalue weighted by Gasteiger charge is 2.32. The first kappa shape index (κ1) is 18.4. The zero-order chi connectivity index (χ0) is 16.7. The van der Waals surface area contributed by atoms with Gasteiger partial charge in [-0.2, -0.15) is 13.2 Å². The number of piperidine rings is 1. The molecule has 2 aliphatic rings. The summed E-state index contributed by atoms with van der Waals surface area (Å²) in [6.07, 6.45) is 4.78. The van der Waals surface area contributed by atoms with Gasteiger partial charge in [0.2, 0.25) is 0 Å². The van der Waals surface area contributed by atoms with E-state index < -0.39 is 12.7 Å². The van der Waals surface area contributed by atoms with Crippen molar-refractivity contribution in [1.82, 2.24) is 10.2 Å². The molecule has 3 N–H and O–H groups in total. The van der Waals surface area contributed by atoms with Gasteiger partial charge in [-0.1, -0.05) is 25.7 Å². The number of rotatable bonds is 4. The molecule has 1 heterocycles. The van der Waals surface area contributed by atoms with Gasteiger partial charge in [-0.05, 0) is 44.7 Å². The monoisotopic (exact) mass is 334 g/mol. The van der Waals surface area contributed by atoms with E-state index in [1.807, 2.05) is 0 Å². The fourth-order valence-corrected chi connectivity index (χ4v) is 3.49. The minimum absolute atomic E-state index is 0.342. The first-order chi connectivity index (χ1) is 10.9. The second-order valence-electron chi connectivity index (χ2n) is 6.89. The molecule has 0 amide bonds. The number of nitrogens with zero attached hydrogens (tertiary/aromatic N) is 2. The van der Waals surface area contributed by atoms with Crippen molar-refractivity contribution < 1.29 is 13.2 Å². The number of nitrogens with one attached hydrogen (secondary N) is 1. The van der Waals surface area contributed by atoms with Gasteiger partial charge in [0.05, 0.1) is 6.54 Å². The minimum atomic E-state index is -4.10. The molecular formula is C16H29F3N4. The lowest BCUT2D eigenvalue weighted by molar-refractivity contribution is -0.148. The molecule has 0 unspecified atom stereocenters. The van der Waals surface area contributed by atoms with Gasteiger partial charge < -0.3 is 11.1 Å². The summed E-state index contributed by atoms with van der Waals surface area (Å²) in [6.45, 7) is 0.811. The van der Waals surface area contributed by atoms with Gasteiger partial charge in [0.25, 0.3) is 0 Å². The lowest BCUT2D eigenvalue weighted by atomic mass is 9.97. The van der Waals surface area contributed by atoms with Gasteiger partial charge in [0.15, 0.2) is 5.96 Å². The normalized spacial score (nSPS) is 23.7. The van der Waals surface area contributed by atoms with Crippen molar-refractivity contribution in [2.24, 2.45) is 16.6 Å². The van der Waals surface area contributed by atoms with Gasteiger partial charge in [-0.3, -0.25) is 9.89 Å². The molecule has 2 fully saturated rings. The third-order valence-electron chi connectivity index (χ3n) is 4.84. The Morgan fingerprint density at radius 3 is 2.22 bits per heavy atom. The van der Waals surface area contributed by atoms with Crippen LogP contribution in [-0.4, -0.2) is 49.3 Å². The zero-order valence-corrected chi connectivity index (χ0v) is 13.7. The summed E-state index contributed by atoms with van der Waals surface area (Å²) in [4.78, 5) is 5.89. The van der Waals surface area contributed by atoms with Gasteiger partial charge in [-0.15, -0.1) is 0 Å². The van der Waals surface area contributed by atoms with E-state index in [0.717, 1.165) is 25.7 Å². The largest absolute Gasteiger partial charge is 0.401 e. The number of halogens is 3. The van der Waals surface area contributed by atoms with Crippen molar-refractivity contribution in [1.29, 1.82) is 0 Å². The van der Waals surface area contributed by atoms with Crippen molar-refractivity contribution in [2.75, 3.05) is 26.2 Å². The molecule has 0 atom stereocenters. The molecule has 0 radical (unpaired) electrons. The Morgan fingerprint density at radius 2 is 1.65 bits per heavy atom. The fourth-order valence-electron chi connectivity index (χ4n) is 3.49. The Bertz CT molecular complexity index is 368. The van der Waals surface area contributed by atoms with Gasteiger partial charge in [0.1, 0.15) is 0 Å². The molecule has 134 valence electrons. The Kier molecular flexibility index (Phi) is 6.99. The summed E-state index contributed by atoms with van der Waals surface area (Å²) in [6, 6.07) is 0.426. The molecule has 0 aromatic rings. The average molecular weight is 334 g/mol. The number of hydrogen-bond acceptors (Lipinski definition) is 2. The zero-order valence-electron chi connectivity index (χ0n) is 13.7. The quantitative estimate of drug-likeness (QED) is 0.472. The number of guanidine groups is 1. The summed E-state index contributed by atoms with van der Waals surface area (Å²) in [5.74, 6) is 0.837. The van der Waals surface area contributed by atoms with Crippen LogP contribution in [0.2, 0.25) is 0 Å². The van der Waals surface area contributed by atoms with E-state index in [1.165, 1.54) is 30.6 Å². The maximum atomic E-state index is 12.4. The van der Waals surface area contributed by atoms with E-state index >= 15 is 0 Å². The van der Waals surface area contributed by atoms with Crippen molar-refractivity contribution in [2.45, 2.75) is 63.6 Å². The molecule has 1 saturated carbocycles. The van der Waals surface area contributed by atoms with Crippen molar-refractivity contribution in [3.05, 3.63) is 0 Å². The van der Waals surface area contributed by atoms with Crippen molar-refractivity contribution in [3.63, 3.8) is 0 Å². The molecular weight excluding hydrogens is 305 g/mol. The summed E-state index contributed by atoms with van der Waals surface area (Å²) < 4.78 is 37.1. The molecule has 0 aromatic carbocycles. The highest BCUT2D eigenvalue weighted by molar-refractivity contribution is 5.78. The van der Waals surface area contributed by atoms with Crippen LogP contribution in [0.4, 0.5) is 13.2 Å². The van der Waals surface area contributed by atoms with Crippen LogP contribution in [0.3, 0.4) is 0 Å². The minimum Gasteiger partial charge on any atom is -0.370 e. The summed E-state index contributed by atoms with van der Waals surface area (Å²) in [7, 11) is 0. The van der Waals surface area contributed by atoms with Gasteiger partial charge >= 0.3 is 6.18 Å². The molecule has 4 nitrogen and oxygen atoms in total. The average Bonchev–Trinajstić information content (AvgIpc) is 2.73. The SMILES string of the molecule is NC(=NCC1CCN(CC(F)(F)F)CC1)NC1CCCCCC1. The van der Waals surface area contributed by atoms with Crippen molar-refractivity contribution >= 4 is 5.96 Å². The second kappa shape index (κ2) is 8.76. The maximum Gasteiger partial charge on any atom is 0.401 e. The van der Waals surface area contributed by atoms with Crippen molar-refractivity contribution in [3.8, 4) is 0 Å². The molecule has 2 rings (SSSR count). The van der Waals surface area contributed by atoms with Crippen LogP contribution < -0.4 is 11.1 Å². The fraction of sp³-hybridized carbons (Fsp3) is 0.938. The lowest BCUT2D eigenvalue weighted by Gasteiger charge is -2.31. The number of nitrogens with two attached hydrogens (primary N) is 1. The molecule has 23 heavy (non-hydrogen) atoms. The predicted molar refractivity (Wildman–Crippen MR) is 86.3 cm³/mol. The molecule has 0 bridgehead atoms. The third-order valence-corrected chi connectivity index (χ3v) is 4.84. The molecule has 1 saturated heterocycles. The Balaban J connectivity index is 1.67. The van der Waals surface area contributed by atoms with Gasteiger partial charge in [-0.25, -0.2) is 0 Å². The Labute approximate surface area is 136 Å². The van der Waals surface area contributed by atoms with Crippen LogP contribution in [0.25, 0.3) is 0 Å². The number of aliphatic imine (C=N–C) groups is 1. The first-order valence-corrected chi connectivity index (χ1v) is 8.78. The third kappa shape index (κ3) is 7.42. The Morgan fingerprint density at radius 1 is 1.04 bits per heavy atom. The van der Waals surface area contributed by atoms with E-state index in [4.69, 9.17) is 5.73 Å². The highest BCUT2D eigenvalue weighted by atomic mass is 19.4. The summed E-state index contributed by atoms with van der Waals surface area (Å²) in [5, 5.41) is 3.31. The number of hydrogen-bond donors (Lipinski definition) is 2. The van der Waals surface area contributed by atoms with Crippen LogP contribution in [-0.2, 0) is 0 Å². The molecule has 0 spiro atoms. The van der Waals surface area contributed by atoms with E-state index in [9.17, 15) is 13.2 Å². The second-order valence-corrected chi connectivity index (χ2v) is 6.89. The molecule has 7 heteroatoms. The van der Waals surface area contributed by atoms with E-state index in [1.54, 1.807) is 0 Å². The number of likely N-dealkylation sites (tertiary alicyclic amines) is 1. The van der Waals surface area contributed by atoms with E-state index in [-0.39, 0.29) is 0 Å². The van der Waals surface area contributed by atoms with Crippen LogP contribution in [0, 0.1) is 5.92 Å². The van der Waals surface area contributed by atoms with E-state index in [0.29, 0.717) is 37.6 Å². The topological polar surface area (TPSA) is 53.6 Å². The standard InChI is InChI=1S/C16H29F3N4/c17-16(18,19)12-23-9-7-13(8-10-23)11-21-15(20)22-14-5-3-1-2-4-6-14/h13-14H,1-12H2,(H3,20,21,22). The van der Waals surface area contributed by atoms with Crippen LogP contribution >= 0.6 is 0 Å². The summed E-state index contributed by atoms with van der Waals surface area (Å²) >= 11 is 0. The molecule has 0 aromatic heterocycles. The summed E-state index contributed by atoms with van der Waals surface area (Å²) in [5.41, 5.74) is 5.96. The smallest absolute Gasteiger partial charge is 0.370 e. The molecule has 1 aliphatic heterocycles. The Hall–Kier alpha value is -0.980.